The number of halogens is 4. The molecule has 2 unspecified atom stereocenters. The zero-order valence-corrected chi connectivity index (χ0v) is 23.8. The number of hydrogen-bond donors (Lipinski definition) is 2. The maximum atomic E-state index is 13.6. The van der Waals surface area contributed by atoms with Gasteiger partial charge in [-0.05, 0) is 50.1 Å². The molecule has 2 atom stereocenters. The van der Waals surface area contributed by atoms with Crippen LogP contribution in [0.25, 0.3) is 10.9 Å². The van der Waals surface area contributed by atoms with E-state index in [0.717, 1.165) is 31.9 Å². The fourth-order valence-electron chi connectivity index (χ4n) is 6.30. The van der Waals surface area contributed by atoms with Gasteiger partial charge in [-0.2, -0.15) is 13.2 Å². The van der Waals surface area contributed by atoms with E-state index in [2.05, 4.69) is 25.5 Å². The SMILES string of the molecule is O=C(NCC(c1cnc(C(F)(F)F)nc1)N1CCOCC1)c1c(Cl)ccc2nc(N3CCC4(CCCCN4)C3)ccc12. The summed E-state index contributed by atoms with van der Waals surface area (Å²) < 4.78 is 44.6. The molecule has 3 fully saturated rings. The Labute approximate surface area is 246 Å². The Morgan fingerprint density at radius 2 is 1.88 bits per heavy atom. The monoisotopic (exact) mass is 603 g/mol. The van der Waals surface area contributed by atoms with E-state index in [1.54, 1.807) is 6.07 Å². The van der Waals surface area contributed by atoms with Crippen LogP contribution in [0.5, 0.6) is 0 Å². The van der Waals surface area contributed by atoms with E-state index in [4.69, 9.17) is 21.3 Å². The summed E-state index contributed by atoms with van der Waals surface area (Å²) in [6, 6.07) is 6.87. The molecule has 0 saturated carbocycles. The Hall–Kier alpha value is -3.06. The number of nitrogens with zero attached hydrogens (tertiary/aromatic N) is 5. The molecule has 1 aromatic carbocycles. The van der Waals surface area contributed by atoms with Crippen molar-refractivity contribution in [3.8, 4) is 0 Å². The molecule has 3 aliphatic rings. The highest BCUT2D eigenvalue weighted by atomic mass is 35.5. The molecular weight excluding hydrogens is 571 g/mol. The smallest absolute Gasteiger partial charge is 0.379 e. The Balaban J connectivity index is 1.21. The molecule has 2 aromatic heterocycles. The van der Waals surface area contributed by atoms with Crippen molar-refractivity contribution in [1.29, 1.82) is 0 Å². The minimum Gasteiger partial charge on any atom is -0.379 e. The van der Waals surface area contributed by atoms with Gasteiger partial charge in [0.1, 0.15) is 5.82 Å². The second kappa shape index (κ2) is 11.9. The maximum Gasteiger partial charge on any atom is 0.451 e. The molecule has 1 spiro atoms. The van der Waals surface area contributed by atoms with Crippen molar-refractivity contribution in [3.05, 3.63) is 58.6 Å². The summed E-state index contributed by atoms with van der Waals surface area (Å²) in [5, 5.41) is 7.60. The Kier molecular flexibility index (Phi) is 8.23. The lowest BCUT2D eigenvalue weighted by atomic mass is 9.88. The summed E-state index contributed by atoms with van der Waals surface area (Å²) >= 11 is 6.54. The third-order valence-corrected chi connectivity index (χ3v) is 8.86. The molecule has 224 valence electrons. The van der Waals surface area contributed by atoms with E-state index in [-0.39, 0.29) is 12.1 Å². The number of morpholine rings is 1. The van der Waals surface area contributed by atoms with Crippen molar-refractivity contribution in [3.63, 3.8) is 0 Å². The number of pyridine rings is 1. The fourth-order valence-corrected chi connectivity index (χ4v) is 6.55. The van der Waals surface area contributed by atoms with Gasteiger partial charge < -0.3 is 20.3 Å². The molecule has 5 heterocycles. The molecule has 3 aromatic rings. The van der Waals surface area contributed by atoms with Crippen LogP contribution in [-0.2, 0) is 10.9 Å². The van der Waals surface area contributed by atoms with E-state index >= 15 is 0 Å². The highest BCUT2D eigenvalue weighted by Gasteiger charge is 2.39. The zero-order chi connectivity index (χ0) is 29.3. The number of fused-ring (bicyclic) bond motifs is 1. The molecule has 3 saturated heterocycles. The lowest BCUT2D eigenvalue weighted by Crippen LogP contribution is -2.50. The molecule has 3 aliphatic heterocycles. The molecule has 6 rings (SSSR count). The van der Waals surface area contributed by atoms with Gasteiger partial charge in [-0.3, -0.25) is 9.69 Å². The molecule has 9 nitrogen and oxygen atoms in total. The summed E-state index contributed by atoms with van der Waals surface area (Å²) in [4.78, 5) is 29.9. The summed E-state index contributed by atoms with van der Waals surface area (Å²) in [6.07, 6.45) is 2.40. The van der Waals surface area contributed by atoms with Crippen LogP contribution in [0.2, 0.25) is 5.02 Å². The van der Waals surface area contributed by atoms with Crippen molar-refractivity contribution in [2.24, 2.45) is 0 Å². The largest absolute Gasteiger partial charge is 0.451 e. The molecule has 13 heteroatoms. The minimum atomic E-state index is -4.64. The first-order valence-electron chi connectivity index (χ1n) is 14.3. The number of amides is 1. The van der Waals surface area contributed by atoms with Gasteiger partial charge >= 0.3 is 6.18 Å². The Morgan fingerprint density at radius 1 is 1.10 bits per heavy atom. The molecule has 0 aliphatic carbocycles. The van der Waals surface area contributed by atoms with Gasteiger partial charge in [0.2, 0.25) is 5.82 Å². The molecule has 1 amide bonds. The van der Waals surface area contributed by atoms with Crippen LogP contribution in [0, 0.1) is 0 Å². The van der Waals surface area contributed by atoms with Crippen LogP contribution in [0.15, 0.2) is 36.7 Å². The number of piperidine rings is 1. The summed E-state index contributed by atoms with van der Waals surface area (Å²) in [7, 11) is 0. The standard InChI is InChI=1S/C29H33ClF3N7O2/c30-21-4-5-22-20(3-6-24(38-22)40-10-8-28(18-40)7-1-2-9-37-28)25(21)26(41)34-17-23(39-11-13-42-14-12-39)19-15-35-27(36-16-19)29(31,32)33/h3-6,15-16,23,37H,1-2,7-14,17-18H2,(H,34,41). The molecular formula is C29H33ClF3N7O2. The third-order valence-electron chi connectivity index (χ3n) is 8.55. The van der Waals surface area contributed by atoms with E-state index in [9.17, 15) is 18.0 Å². The van der Waals surface area contributed by atoms with Gasteiger partial charge in [0.15, 0.2) is 0 Å². The van der Waals surface area contributed by atoms with E-state index in [0.29, 0.717) is 53.4 Å². The Bertz CT molecular complexity index is 1430. The Morgan fingerprint density at radius 3 is 2.60 bits per heavy atom. The normalized spacial score (nSPS) is 22.5. The van der Waals surface area contributed by atoms with Gasteiger partial charge in [0, 0.05) is 61.6 Å². The van der Waals surface area contributed by atoms with Gasteiger partial charge in [0.25, 0.3) is 5.91 Å². The first kappa shape index (κ1) is 29.0. The number of hydrogen-bond acceptors (Lipinski definition) is 8. The first-order chi connectivity index (χ1) is 20.2. The second-order valence-electron chi connectivity index (χ2n) is 11.2. The van der Waals surface area contributed by atoms with Gasteiger partial charge in [-0.25, -0.2) is 15.0 Å². The van der Waals surface area contributed by atoms with E-state index in [1.165, 1.54) is 31.7 Å². The molecule has 2 N–H and O–H groups in total. The van der Waals surface area contributed by atoms with E-state index in [1.807, 2.05) is 23.1 Å². The number of rotatable bonds is 6. The van der Waals surface area contributed by atoms with Crippen molar-refractivity contribution in [2.75, 3.05) is 57.4 Å². The topological polar surface area (TPSA) is 95.5 Å². The van der Waals surface area contributed by atoms with Crippen LogP contribution in [-0.4, -0.2) is 83.8 Å². The van der Waals surface area contributed by atoms with Crippen LogP contribution < -0.4 is 15.5 Å². The lowest BCUT2D eigenvalue weighted by Gasteiger charge is -2.34. The average Bonchev–Trinajstić information content (AvgIpc) is 3.40. The highest BCUT2D eigenvalue weighted by Crippen LogP contribution is 2.34. The number of carbonyl (C=O) groups is 1. The van der Waals surface area contributed by atoms with Crippen LogP contribution in [0.3, 0.4) is 0 Å². The number of alkyl halides is 3. The zero-order valence-electron chi connectivity index (χ0n) is 23.1. The quantitative estimate of drug-likeness (QED) is 0.433. The highest BCUT2D eigenvalue weighted by molar-refractivity contribution is 6.35. The summed E-state index contributed by atoms with van der Waals surface area (Å²) in [6.45, 7) is 5.05. The number of nitrogens with one attached hydrogen (secondary N) is 2. The van der Waals surface area contributed by atoms with Crippen molar-refractivity contribution >= 4 is 34.2 Å². The predicted octanol–water partition coefficient (Wildman–Crippen LogP) is 4.22. The first-order valence-corrected chi connectivity index (χ1v) is 14.7. The van der Waals surface area contributed by atoms with Crippen molar-refractivity contribution in [2.45, 2.75) is 43.4 Å². The van der Waals surface area contributed by atoms with Crippen LogP contribution in [0.1, 0.15) is 53.5 Å². The summed E-state index contributed by atoms with van der Waals surface area (Å²) in [5.74, 6) is -0.725. The van der Waals surface area contributed by atoms with Crippen molar-refractivity contribution < 1.29 is 22.7 Å². The predicted molar refractivity (Wildman–Crippen MR) is 153 cm³/mol. The molecule has 42 heavy (non-hydrogen) atoms. The van der Waals surface area contributed by atoms with Crippen molar-refractivity contribution in [1.82, 2.24) is 30.5 Å². The summed E-state index contributed by atoms with van der Waals surface area (Å²) in [5.41, 5.74) is 1.59. The molecule has 0 radical (unpaired) electrons. The van der Waals surface area contributed by atoms with Crippen LogP contribution in [0.4, 0.5) is 19.0 Å². The molecule has 0 bridgehead atoms. The lowest BCUT2D eigenvalue weighted by molar-refractivity contribution is -0.145. The number of anilines is 1. The number of aromatic nitrogens is 3. The maximum absolute atomic E-state index is 13.6. The minimum absolute atomic E-state index is 0.120. The third kappa shape index (κ3) is 6.03. The van der Waals surface area contributed by atoms with Crippen LogP contribution >= 0.6 is 11.6 Å². The fraction of sp³-hybridized carbons (Fsp3) is 0.517. The number of carbonyl (C=O) groups excluding carboxylic acids is 1. The van der Waals surface area contributed by atoms with Gasteiger partial charge in [-0.15, -0.1) is 0 Å². The number of ether oxygens (including phenoxy) is 1. The second-order valence-corrected chi connectivity index (χ2v) is 11.6. The average molecular weight is 604 g/mol. The van der Waals surface area contributed by atoms with E-state index < -0.39 is 23.9 Å². The number of benzene rings is 1. The van der Waals surface area contributed by atoms with Gasteiger partial charge in [-0.1, -0.05) is 18.0 Å². The van der Waals surface area contributed by atoms with Gasteiger partial charge in [0.05, 0.1) is 35.4 Å².